The molecule has 1 saturated carbocycles. The van der Waals surface area contributed by atoms with Crippen LogP contribution in [0.15, 0.2) is 114 Å². The van der Waals surface area contributed by atoms with Gasteiger partial charge >= 0.3 is 0 Å². The van der Waals surface area contributed by atoms with Crippen LogP contribution in [0.5, 0.6) is 0 Å². The topological polar surface area (TPSA) is 6.25 Å². The molecule has 2 nitrogen and oxygen atoms in total. The van der Waals surface area contributed by atoms with Crippen LogP contribution in [0.1, 0.15) is 99.5 Å². The molecule has 0 aromatic heterocycles. The van der Waals surface area contributed by atoms with E-state index in [1.807, 2.05) is 0 Å². The first-order chi connectivity index (χ1) is 20.6. The summed E-state index contributed by atoms with van der Waals surface area (Å²) >= 11 is 0. The second-order valence-electron chi connectivity index (χ2n) is 12.5. The molecule has 1 aliphatic rings. The predicted molar refractivity (Wildman–Crippen MR) is 192 cm³/mol. The molecular weight excluding hydrogens is 520 g/mol. The van der Waals surface area contributed by atoms with Crippen LogP contribution in [0.3, 0.4) is 0 Å². The lowest BCUT2D eigenvalue weighted by Gasteiger charge is -2.29. The molecule has 2 heteroatoms. The number of hydrogen-bond donors (Lipinski definition) is 0. The van der Waals surface area contributed by atoms with E-state index < -0.39 is 0 Å². The van der Waals surface area contributed by atoms with E-state index in [0.29, 0.717) is 12.0 Å². The minimum absolute atomic E-state index is 0.159. The third kappa shape index (κ3) is 11.2. The van der Waals surface area contributed by atoms with E-state index >= 15 is 0 Å². The fraction of sp³-hybridized carbons (Fsp3) is 0.488. The smallest absolute Gasteiger partial charge is 0.174 e. The summed E-state index contributed by atoms with van der Waals surface area (Å²) in [6.45, 7) is 23.9. The lowest BCUT2D eigenvalue weighted by atomic mass is 9.79. The minimum Gasteiger partial charge on any atom is -0.283 e. The summed E-state index contributed by atoms with van der Waals surface area (Å²) in [7, 11) is 2.29. The highest BCUT2D eigenvalue weighted by Gasteiger charge is 2.35. The van der Waals surface area contributed by atoms with Gasteiger partial charge < -0.3 is 0 Å². The van der Waals surface area contributed by atoms with E-state index in [9.17, 15) is 0 Å². The monoisotopic (exact) mass is 581 g/mol. The maximum absolute atomic E-state index is 4.18. The zero-order chi connectivity index (χ0) is 31.8. The van der Waals surface area contributed by atoms with Crippen LogP contribution in [0.2, 0.25) is 0 Å². The molecule has 1 aromatic carbocycles. The van der Waals surface area contributed by atoms with Crippen LogP contribution in [0.25, 0.3) is 0 Å². The van der Waals surface area contributed by atoms with Gasteiger partial charge in [0.15, 0.2) is 11.4 Å². The minimum atomic E-state index is -0.159. The highest BCUT2D eigenvalue weighted by Crippen LogP contribution is 2.33. The molecule has 0 heterocycles. The second kappa shape index (κ2) is 18.6. The SMILES string of the molecule is C=CC(C)(C=CC)C(C=C(C)CC)=CCC(C)C=C(C)[N+](C)=C1CCCC1N(CC(C=CC)=CCC)Cc1ccccc1. The van der Waals surface area contributed by atoms with Gasteiger partial charge in [0.2, 0.25) is 0 Å². The fourth-order valence-electron chi connectivity index (χ4n) is 6.15. The van der Waals surface area contributed by atoms with Crippen molar-refractivity contribution in [2.24, 2.45) is 11.3 Å². The Hall–Kier alpha value is -2.97. The van der Waals surface area contributed by atoms with Gasteiger partial charge in [-0.15, -0.1) is 6.58 Å². The molecule has 0 radical (unpaired) electrons. The Labute approximate surface area is 265 Å². The molecule has 3 atom stereocenters. The Morgan fingerprint density at radius 2 is 1.84 bits per heavy atom. The maximum atomic E-state index is 4.18. The first-order valence-corrected chi connectivity index (χ1v) is 16.6. The quantitative estimate of drug-likeness (QED) is 0.107. The summed E-state index contributed by atoms with van der Waals surface area (Å²) in [5.41, 5.74) is 8.28. The number of hydrogen-bond acceptors (Lipinski definition) is 1. The van der Waals surface area contributed by atoms with E-state index in [-0.39, 0.29) is 5.41 Å². The molecule has 0 saturated heterocycles. The number of rotatable bonds is 16. The van der Waals surface area contributed by atoms with Gasteiger partial charge in [-0.1, -0.05) is 105 Å². The summed E-state index contributed by atoms with van der Waals surface area (Å²) in [5, 5.41) is 0. The van der Waals surface area contributed by atoms with Gasteiger partial charge in [0.05, 0.1) is 6.04 Å². The van der Waals surface area contributed by atoms with E-state index in [1.165, 1.54) is 40.8 Å². The van der Waals surface area contributed by atoms with Crippen molar-refractivity contribution in [2.75, 3.05) is 13.6 Å². The summed E-state index contributed by atoms with van der Waals surface area (Å²) in [4.78, 5) is 2.71. The van der Waals surface area contributed by atoms with Crippen molar-refractivity contribution >= 4 is 5.71 Å². The summed E-state index contributed by atoms with van der Waals surface area (Å²) in [6.07, 6.45) is 27.4. The van der Waals surface area contributed by atoms with Gasteiger partial charge in [0.1, 0.15) is 7.05 Å². The molecule has 0 aliphatic heterocycles. The van der Waals surface area contributed by atoms with Crippen molar-refractivity contribution in [1.82, 2.24) is 4.90 Å². The van der Waals surface area contributed by atoms with Crippen molar-refractivity contribution < 1.29 is 4.58 Å². The van der Waals surface area contributed by atoms with Crippen molar-refractivity contribution in [3.05, 3.63) is 120 Å². The Balaban J connectivity index is 2.40. The van der Waals surface area contributed by atoms with Crippen molar-refractivity contribution in [1.29, 1.82) is 0 Å². The zero-order valence-corrected chi connectivity index (χ0v) is 29.0. The number of nitrogens with zero attached hydrogens (tertiary/aromatic N) is 2. The third-order valence-corrected chi connectivity index (χ3v) is 8.91. The van der Waals surface area contributed by atoms with E-state index in [1.54, 1.807) is 5.71 Å². The molecule has 0 spiro atoms. The van der Waals surface area contributed by atoms with Crippen molar-refractivity contribution in [2.45, 2.75) is 107 Å². The largest absolute Gasteiger partial charge is 0.283 e. The molecule has 43 heavy (non-hydrogen) atoms. The average molecular weight is 582 g/mol. The van der Waals surface area contributed by atoms with Crippen molar-refractivity contribution in [3.8, 4) is 0 Å². The molecule has 234 valence electrons. The summed E-state index contributed by atoms with van der Waals surface area (Å²) < 4.78 is 2.50. The highest BCUT2D eigenvalue weighted by atomic mass is 15.2. The van der Waals surface area contributed by atoms with E-state index in [2.05, 4.69) is 164 Å². The zero-order valence-electron chi connectivity index (χ0n) is 29.0. The molecule has 2 rings (SSSR count). The van der Waals surface area contributed by atoms with Crippen LogP contribution >= 0.6 is 0 Å². The fourth-order valence-corrected chi connectivity index (χ4v) is 6.15. The average Bonchev–Trinajstić information content (AvgIpc) is 3.49. The molecule has 0 bridgehead atoms. The van der Waals surface area contributed by atoms with Crippen LogP contribution < -0.4 is 0 Å². The Morgan fingerprint density at radius 3 is 2.44 bits per heavy atom. The predicted octanol–water partition coefficient (Wildman–Crippen LogP) is 11.0. The summed E-state index contributed by atoms with van der Waals surface area (Å²) in [6, 6.07) is 11.4. The van der Waals surface area contributed by atoms with Gasteiger partial charge in [0, 0.05) is 31.8 Å². The molecule has 0 N–H and O–H groups in total. The van der Waals surface area contributed by atoms with E-state index in [4.69, 9.17) is 0 Å². The highest BCUT2D eigenvalue weighted by molar-refractivity contribution is 5.87. The summed E-state index contributed by atoms with van der Waals surface area (Å²) in [5.74, 6) is 0.433. The van der Waals surface area contributed by atoms with Crippen LogP contribution in [0, 0.1) is 11.3 Å². The molecule has 3 unspecified atom stereocenters. The third-order valence-electron chi connectivity index (χ3n) is 8.91. The number of allylic oxidation sites excluding steroid dienone is 11. The Morgan fingerprint density at radius 1 is 1.12 bits per heavy atom. The Kier molecular flexibility index (Phi) is 15.7. The molecule has 1 fully saturated rings. The van der Waals surface area contributed by atoms with Gasteiger partial charge in [-0.25, -0.2) is 4.58 Å². The number of benzene rings is 1. The van der Waals surface area contributed by atoms with Gasteiger partial charge in [-0.05, 0) is 88.5 Å². The van der Waals surface area contributed by atoms with Gasteiger partial charge in [-0.3, -0.25) is 4.90 Å². The second-order valence-corrected chi connectivity index (χ2v) is 12.5. The normalized spacial score (nSPS) is 20.7. The standard InChI is InChI=1S/C41H61N2/c1-11-20-36(21-12-2)31-43(32-37-22-17-16-18-23-37)40-25-19-24-39(40)42(10)35(8)29-34(7)26-27-38(30-33(6)14-4)41(9,15-5)28-13-3/h11,13,15-18,20-23,27-30,34,40H,5,12,14,19,24-26,31-32H2,1-4,6-10H3/q+1. The van der Waals surface area contributed by atoms with Crippen LogP contribution in [0.4, 0.5) is 0 Å². The van der Waals surface area contributed by atoms with Gasteiger partial charge in [0.25, 0.3) is 0 Å². The maximum Gasteiger partial charge on any atom is 0.174 e. The first-order valence-electron chi connectivity index (χ1n) is 16.6. The van der Waals surface area contributed by atoms with E-state index in [0.717, 1.165) is 38.8 Å². The van der Waals surface area contributed by atoms with Crippen LogP contribution in [-0.4, -0.2) is 34.8 Å². The van der Waals surface area contributed by atoms with Crippen LogP contribution in [-0.2, 0) is 6.54 Å². The lowest BCUT2D eigenvalue weighted by molar-refractivity contribution is -0.447. The molecule has 1 aromatic rings. The first kappa shape index (κ1) is 36.2. The van der Waals surface area contributed by atoms with Crippen molar-refractivity contribution in [3.63, 3.8) is 0 Å². The molecular formula is C41H61N2+. The molecule has 1 aliphatic carbocycles. The lowest BCUT2D eigenvalue weighted by Crippen LogP contribution is -2.41. The Bertz CT molecular complexity index is 1230. The van der Waals surface area contributed by atoms with Gasteiger partial charge in [-0.2, -0.15) is 0 Å². The molecule has 0 amide bonds.